The number of amides is 1. The fourth-order valence-corrected chi connectivity index (χ4v) is 2.24. The maximum absolute atomic E-state index is 11.3. The summed E-state index contributed by atoms with van der Waals surface area (Å²) in [7, 11) is 0. The number of carbonyl (C=O) groups excluding carboxylic acids is 1. The molecule has 0 aliphatic heterocycles. The Morgan fingerprint density at radius 1 is 1.36 bits per heavy atom. The minimum Gasteiger partial charge on any atom is -0.353 e. The van der Waals surface area contributed by atoms with Crippen molar-refractivity contribution in [2.45, 2.75) is 51.5 Å². The topological polar surface area (TPSA) is 29.1 Å². The van der Waals surface area contributed by atoms with Gasteiger partial charge in [0.05, 0.1) is 0 Å². The van der Waals surface area contributed by atoms with E-state index < -0.39 is 0 Å². The van der Waals surface area contributed by atoms with Crippen LogP contribution < -0.4 is 5.32 Å². The number of hydrogen-bond acceptors (Lipinski definition) is 2. The third-order valence-corrected chi connectivity index (χ3v) is 3.19. The zero-order chi connectivity index (χ0) is 10.4. The van der Waals surface area contributed by atoms with E-state index in [1.165, 1.54) is 19.3 Å². The lowest BCUT2D eigenvalue weighted by atomic mass is 10.0. The van der Waals surface area contributed by atoms with Crippen LogP contribution in [0.3, 0.4) is 0 Å². The molecule has 1 fully saturated rings. The lowest BCUT2D eigenvalue weighted by Gasteiger charge is -2.15. The standard InChI is InChI=1S/C11H21NOS/c1-9-3-2-4-10(6-5-9)12-11(13)7-8-14/h9-10,14H,2-8H2,1H3,(H,12,13). The average molecular weight is 215 g/mol. The van der Waals surface area contributed by atoms with Crippen LogP contribution in [0.5, 0.6) is 0 Å². The first-order chi connectivity index (χ1) is 6.72. The Labute approximate surface area is 92.2 Å². The molecule has 0 radical (unpaired) electrons. The molecule has 2 unspecified atom stereocenters. The van der Waals surface area contributed by atoms with Crippen molar-refractivity contribution in [3.63, 3.8) is 0 Å². The molecular weight excluding hydrogens is 194 g/mol. The number of rotatable bonds is 3. The van der Waals surface area contributed by atoms with E-state index in [0.717, 1.165) is 18.8 Å². The van der Waals surface area contributed by atoms with Gasteiger partial charge in [0.25, 0.3) is 0 Å². The molecule has 1 aliphatic carbocycles. The number of carbonyl (C=O) groups is 1. The van der Waals surface area contributed by atoms with Crippen LogP contribution in [0.1, 0.15) is 45.4 Å². The molecule has 0 heterocycles. The predicted molar refractivity (Wildman–Crippen MR) is 62.6 cm³/mol. The van der Waals surface area contributed by atoms with Gasteiger partial charge in [0.1, 0.15) is 0 Å². The first-order valence-corrected chi connectivity index (χ1v) is 6.26. The highest BCUT2D eigenvalue weighted by atomic mass is 32.1. The van der Waals surface area contributed by atoms with E-state index in [2.05, 4.69) is 24.9 Å². The Bertz CT molecular complexity index is 184. The quantitative estimate of drug-likeness (QED) is 0.549. The second-order valence-electron chi connectivity index (χ2n) is 4.35. The Morgan fingerprint density at radius 2 is 2.14 bits per heavy atom. The largest absolute Gasteiger partial charge is 0.353 e. The van der Waals surface area contributed by atoms with Crippen LogP contribution in [-0.2, 0) is 4.79 Å². The summed E-state index contributed by atoms with van der Waals surface area (Å²) in [6.45, 7) is 2.30. The van der Waals surface area contributed by atoms with E-state index >= 15 is 0 Å². The molecule has 3 heteroatoms. The highest BCUT2D eigenvalue weighted by Gasteiger charge is 2.17. The Balaban J connectivity index is 2.26. The summed E-state index contributed by atoms with van der Waals surface area (Å²) < 4.78 is 0. The average Bonchev–Trinajstić information content (AvgIpc) is 2.32. The van der Waals surface area contributed by atoms with Gasteiger partial charge in [0, 0.05) is 12.5 Å². The van der Waals surface area contributed by atoms with E-state index in [-0.39, 0.29) is 5.91 Å². The summed E-state index contributed by atoms with van der Waals surface area (Å²) in [6, 6.07) is 0.423. The lowest BCUT2D eigenvalue weighted by Crippen LogP contribution is -2.34. The molecule has 0 aromatic heterocycles. The summed E-state index contributed by atoms with van der Waals surface area (Å²) >= 11 is 4.05. The Morgan fingerprint density at radius 3 is 2.86 bits per heavy atom. The highest BCUT2D eigenvalue weighted by Crippen LogP contribution is 2.22. The first-order valence-electron chi connectivity index (χ1n) is 5.62. The molecule has 0 bridgehead atoms. The van der Waals surface area contributed by atoms with E-state index in [0.29, 0.717) is 18.2 Å². The van der Waals surface area contributed by atoms with Crippen molar-refractivity contribution in [2.75, 3.05) is 5.75 Å². The molecule has 14 heavy (non-hydrogen) atoms. The van der Waals surface area contributed by atoms with Crippen molar-refractivity contribution in [3.05, 3.63) is 0 Å². The number of nitrogens with one attached hydrogen (secondary N) is 1. The molecule has 1 saturated carbocycles. The maximum atomic E-state index is 11.3. The fraction of sp³-hybridized carbons (Fsp3) is 0.909. The van der Waals surface area contributed by atoms with Crippen LogP contribution in [0.2, 0.25) is 0 Å². The van der Waals surface area contributed by atoms with Crippen molar-refractivity contribution in [3.8, 4) is 0 Å². The van der Waals surface area contributed by atoms with Crippen molar-refractivity contribution in [1.29, 1.82) is 0 Å². The lowest BCUT2D eigenvalue weighted by molar-refractivity contribution is -0.121. The van der Waals surface area contributed by atoms with Gasteiger partial charge in [-0.2, -0.15) is 12.6 Å². The first kappa shape index (κ1) is 11.9. The van der Waals surface area contributed by atoms with E-state index in [4.69, 9.17) is 0 Å². The van der Waals surface area contributed by atoms with Crippen LogP contribution in [-0.4, -0.2) is 17.7 Å². The molecule has 2 nitrogen and oxygen atoms in total. The van der Waals surface area contributed by atoms with Gasteiger partial charge in [0.2, 0.25) is 5.91 Å². The predicted octanol–water partition coefficient (Wildman–Crippen LogP) is 2.39. The molecule has 0 spiro atoms. The van der Waals surface area contributed by atoms with Gasteiger partial charge in [-0.1, -0.05) is 19.8 Å². The third-order valence-electron chi connectivity index (χ3n) is 2.96. The van der Waals surface area contributed by atoms with E-state index in [1.54, 1.807) is 0 Å². The van der Waals surface area contributed by atoms with Gasteiger partial charge >= 0.3 is 0 Å². The summed E-state index contributed by atoms with van der Waals surface area (Å²) in [5, 5.41) is 3.09. The summed E-state index contributed by atoms with van der Waals surface area (Å²) in [6.07, 6.45) is 6.69. The second-order valence-corrected chi connectivity index (χ2v) is 4.80. The molecule has 0 saturated heterocycles. The SMILES string of the molecule is CC1CCCC(NC(=O)CCS)CC1. The van der Waals surface area contributed by atoms with Crippen LogP contribution in [0, 0.1) is 5.92 Å². The van der Waals surface area contributed by atoms with Crippen LogP contribution in [0.25, 0.3) is 0 Å². The van der Waals surface area contributed by atoms with Crippen molar-refractivity contribution in [2.24, 2.45) is 5.92 Å². The smallest absolute Gasteiger partial charge is 0.221 e. The summed E-state index contributed by atoms with van der Waals surface area (Å²) in [4.78, 5) is 11.3. The molecule has 0 aromatic rings. The zero-order valence-electron chi connectivity index (χ0n) is 8.96. The molecule has 1 rings (SSSR count). The van der Waals surface area contributed by atoms with Crippen molar-refractivity contribution in [1.82, 2.24) is 5.32 Å². The van der Waals surface area contributed by atoms with Crippen LogP contribution in [0.4, 0.5) is 0 Å². The van der Waals surface area contributed by atoms with Crippen LogP contribution >= 0.6 is 12.6 Å². The maximum Gasteiger partial charge on any atom is 0.221 e. The fourth-order valence-electron chi connectivity index (χ4n) is 2.03. The van der Waals surface area contributed by atoms with Crippen molar-refractivity contribution >= 4 is 18.5 Å². The number of thiol groups is 1. The molecule has 0 aromatic carbocycles. The van der Waals surface area contributed by atoms with E-state index in [1.807, 2.05) is 0 Å². The van der Waals surface area contributed by atoms with Gasteiger partial charge in [0.15, 0.2) is 0 Å². The molecular formula is C11H21NOS. The molecule has 1 amide bonds. The molecule has 1 N–H and O–H groups in total. The number of hydrogen-bond donors (Lipinski definition) is 2. The van der Waals surface area contributed by atoms with E-state index in [9.17, 15) is 4.79 Å². The Kier molecular flexibility index (Phi) is 5.38. The molecule has 2 atom stereocenters. The normalized spacial score (nSPS) is 28.1. The minimum absolute atomic E-state index is 0.166. The van der Waals surface area contributed by atoms with Gasteiger partial charge in [-0.15, -0.1) is 0 Å². The monoisotopic (exact) mass is 215 g/mol. The zero-order valence-corrected chi connectivity index (χ0v) is 9.85. The summed E-state index contributed by atoms with van der Waals surface area (Å²) in [5.74, 6) is 1.65. The van der Waals surface area contributed by atoms with Gasteiger partial charge in [-0.25, -0.2) is 0 Å². The minimum atomic E-state index is 0.166. The third kappa shape index (κ3) is 4.36. The van der Waals surface area contributed by atoms with Gasteiger partial charge in [-0.3, -0.25) is 4.79 Å². The van der Waals surface area contributed by atoms with Gasteiger partial charge in [-0.05, 0) is 30.9 Å². The summed E-state index contributed by atoms with van der Waals surface area (Å²) in [5.41, 5.74) is 0. The highest BCUT2D eigenvalue weighted by molar-refractivity contribution is 7.80. The molecule has 1 aliphatic rings. The van der Waals surface area contributed by atoms with Gasteiger partial charge < -0.3 is 5.32 Å². The van der Waals surface area contributed by atoms with Crippen molar-refractivity contribution < 1.29 is 4.79 Å². The second kappa shape index (κ2) is 6.33. The van der Waals surface area contributed by atoms with Crippen LogP contribution in [0.15, 0.2) is 0 Å². The molecule has 82 valence electrons. The Hall–Kier alpha value is -0.180.